The molecule has 2 N–H and O–H groups in total. The first-order valence-corrected chi connectivity index (χ1v) is 17.3. The summed E-state index contributed by atoms with van der Waals surface area (Å²) in [5.41, 5.74) is 0.953. The van der Waals surface area contributed by atoms with Crippen molar-refractivity contribution in [3.63, 3.8) is 0 Å². The number of sulfone groups is 1. The van der Waals surface area contributed by atoms with Crippen LogP contribution in [0.2, 0.25) is 0 Å². The Kier molecular flexibility index (Phi) is 6.49. The van der Waals surface area contributed by atoms with Crippen molar-refractivity contribution in [1.82, 2.24) is 25.0 Å². The van der Waals surface area contributed by atoms with Gasteiger partial charge in [-0.3, -0.25) is 9.89 Å². The van der Waals surface area contributed by atoms with Crippen LogP contribution in [-0.2, 0) is 14.6 Å². The number of hydrogen-bond acceptors (Lipinski definition) is 9. The van der Waals surface area contributed by atoms with Crippen molar-refractivity contribution < 1.29 is 27.5 Å². The van der Waals surface area contributed by atoms with E-state index in [4.69, 9.17) is 4.99 Å². The predicted molar refractivity (Wildman–Crippen MR) is 158 cm³/mol. The quantitative estimate of drug-likeness (QED) is 0.455. The monoisotopic (exact) mass is 628 g/mol. The zero-order chi connectivity index (χ0) is 30.3. The number of amides is 2. The number of carboxylic acids is 1. The summed E-state index contributed by atoms with van der Waals surface area (Å²) in [6, 6.07) is 3.66. The average molecular weight is 629 g/mol. The standard InChI is InChI=1S/C29H33FN6O5S2/c1-17-19(4-3-5-20(17)30)23-22(26(37)38)21(32-24(33-23)25-31-6-9-42-25)12-34-7-8-35-18(10-34)11-36(27(35)39)29-13-28(14-29,15-29)16-43(2,40)41/h3-6,9,18,23H,7-8,10-16H2,1-2H3,(H,32,33)(H,37,38)/t18-,23-,28?,29?/m0/s1. The van der Waals surface area contributed by atoms with Crippen LogP contribution in [0.1, 0.15) is 41.4 Å². The summed E-state index contributed by atoms with van der Waals surface area (Å²) >= 11 is 1.38. The van der Waals surface area contributed by atoms with Gasteiger partial charge in [0.25, 0.3) is 0 Å². The highest BCUT2D eigenvalue weighted by Crippen LogP contribution is 2.70. The van der Waals surface area contributed by atoms with Gasteiger partial charge in [-0.1, -0.05) is 12.1 Å². The first-order chi connectivity index (χ1) is 20.4. The smallest absolute Gasteiger partial charge is 0.335 e. The van der Waals surface area contributed by atoms with Crippen molar-refractivity contribution >= 4 is 39.0 Å². The maximum atomic E-state index is 14.6. The SMILES string of the molecule is Cc1c(F)cccc1[C@@H]1N=C(c2nccs2)NC(CN2CCN3C(=O)N(C45CC(CS(C)(=O)=O)(C4)C5)C[C@@H]3C2)=C1C(=O)O. The number of amidine groups is 1. The number of benzene rings is 1. The van der Waals surface area contributed by atoms with E-state index >= 15 is 0 Å². The molecule has 0 spiro atoms. The lowest BCUT2D eigenvalue weighted by molar-refractivity contribution is -0.185. The van der Waals surface area contributed by atoms with Crippen LogP contribution in [0.3, 0.4) is 0 Å². The van der Waals surface area contributed by atoms with Crippen molar-refractivity contribution in [3.8, 4) is 0 Å². The van der Waals surface area contributed by atoms with Crippen molar-refractivity contribution in [2.45, 2.75) is 43.8 Å². The molecule has 11 nitrogen and oxygen atoms in total. The number of aliphatic carboxylic acids is 1. The minimum atomic E-state index is -3.07. The number of halogens is 1. The number of carboxylic acid groups (broad SMARTS) is 1. The molecule has 3 aliphatic carbocycles. The van der Waals surface area contributed by atoms with Gasteiger partial charge in [0.05, 0.1) is 17.4 Å². The molecule has 2 atom stereocenters. The summed E-state index contributed by atoms with van der Waals surface area (Å²) < 4.78 is 38.3. The van der Waals surface area contributed by atoms with Crippen LogP contribution in [0.5, 0.6) is 0 Å². The lowest BCUT2D eigenvalue weighted by atomic mass is 9.39. The van der Waals surface area contributed by atoms with Crippen LogP contribution >= 0.6 is 11.3 Å². The molecule has 228 valence electrons. The maximum absolute atomic E-state index is 14.6. The molecule has 2 bridgehead atoms. The van der Waals surface area contributed by atoms with E-state index in [0.717, 1.165) is 19.3 Å². The van der Waals surface area contributed by atoms with E-state index in [2.05, 4.69) is 15.2 Å². The molecule has 4 heterocycles. The van der Waals surface area contributed by atoms with E-state index in [9.17, 15) is 27.5 Å². The summed E-state index contributed by atoms with van der Waals surface area (Å²) in [4.78, 5) is 41.3. The number of carbonyl (C=O) groups excluding carboxylic acids is 1. The molecular weight excluding hydrogens is 595 g/mol. The third-order valence-electron chi connectivity index (χ3n) is 9.67. The van der Waals surface area contributed by atoms with Crippen LogP contribution in [0.25, 0.3) is 0 Å². The number of nitrogens with one attached hydrogen (secondary N) is 1. The normalized spacial score (nSPS) is 30.4. The lowest BCUT2D eigenvalue weighted by Gasteiger charge is -2.73. The van der Waals surface area contributed by atoms with E-state index in [0.29, 0.717) is 53.8 Å². The number of hydrogen-bond donors (Lipinski definition) is 2. The molecular formula is C29H33FN6O5S2. The number of carbonyl (C=O) groups is 2. The van der Waals surface area contributed by atoms with E-state index in [-0.39, 0.29) is 40.9 Å². The Hall–Kier alpha value is -3.36. The van der Waals surface area contributed by atoms with Gasteiger partial charge in [-0.25, -0.2) is 27.4 Å². The molecule has 8 rings (SSSR count). The van der Waals surface area contributed by atoms with Gasteiger partial charge in [0, 0.05) is 61.8 Å². The Balaban J connectivity index is 1.12. The average Bonchev–Trinajstić information content (AvgIpc) is 3.54. The van der Waals surface area contributed by atoms with Crippen LogP contribution in [-0.4, -0.2) is 107 Å². The molecule has 1 aromatic carbocycles. The number of nitrogens with zero attached hydrogens (tertiary/aromatic N) is 5. The number of rotatable bonds is 8. The Labute approximate surface area is 253 Å². The van der Waals surface area contributed by atoms with Gasteiger partial charge in [0.15, 0.2) is 10.8 Å². The fourth-order valence-electron chi connectivity index (χ4n) is 8.04. The molecule has 3 aliphatic heterocycles. The highest BCUT2D eigenvalue weighted by Gasteiger charge is 2.73. The number of piperazine rings is 1. The summed E-state index contributed by atoms with van der Waals surface area (Å²) in [6.07, 6.45) is 5.14. The molecule has 43 heavy (non-hydrogen) atoms. The Morgan fingerprint density at radius 3 is 2.67 bits per heavy atom. The minimum absolute atomic E-state index is 0.0124. The predicted octanol–water partition coefficient (Wildman–Crippen LogP) is 2.41. The summed E-state index contributed by atoms with van der Waals surface area (Å²) in [5, 5.41) is 16.1. The number of urea groups is 1. The first kappa shape index (κ1) is 28.4. The van der Waals surface area contributed by atoms with Crippen molar-refractivity contribution in [1.29, 1.82) is 0 Å². The molecule has 2 aromatic rings. The van der Waals surface area contributed by atoms with Gasteiger partial charge in [0.1, 0.15) is 21.7 Å². The molecule has 5 fully saturated rings. The second-order valence-corrected chi connectivity index (χ2v) is 15.8. The lowest BCUT2D eigenvalue weighted by Crippen LogP contribution is -2.76. The van der Waals surface area contributed by atoms with Gasteiger partial charge in [-0.15, -0.1) is 11.3 Å². The highest BCUT2D eigenvalue weighted by atomic mass is 32.2. The fourth-order valence-corrected chi connectivity index (χ4v) is 10.0. The summed E-state index contributed by atoms with van der Waals surface area (Å²) in [5.74, 6) is -0.936. The number of aromatic nitrogens is 1. The minimum Gasteiger partial charge on any atom is -0.478 e. The van der Waals surface area contributed by atoms with Crippen LogP contribution in [0.4, 0.5) is 9.18 Å². The van der Waals surface area contributed by atoms with Crippen molar-refractivity contribution in [2.75, 3.05) is 44.7 Å². The molecule has 14 heteroatoms. The molecule has 1 aromatic heterocycles. The number of fused-ring (bicyclic) bond motifs is 1. The van der Waals surface area contributed by atoms with Gasteiger partial charge in [-0.05, 0) is 48.8 Å². The van der Waals surface area contributed by atoms with Crippen molar-refractivity contribution in [2.24, 2.45) is 10.4 Å². The molecule has 2 amide bonds. The van der Waals surface area contributed by atoms with Gasteiger partial charge >= 0.3 is 12.0 Å². The van der Waals surface area contributed by atoms with Crippen LogP contribution in [0, 0.1) is 18.2 Å². The number of aliphatic imine (C=N–C) groups is 1. The summed E-state index contributed by atoms with van der Waals surface area (Å²) in [6.45, 7) is 4.13. The second kappa shape index (κ2) is 9.83. The van der Waals surface area contributed by atoms with E-state index in [1.807, 2.05) is 15.2 Å². The second-order valence-electron chi connectivity index (χ2n) is 12.8. The third-order valence-corrected chi connectivity index (χ3v) is 11.6. The van der Waals surface area contributed by atoms with Gasteiger partial charge < -0.3 is 20.2 Å². The van der Waals surface area contributed by atoms with E-state index < -0.39 is 27.7 Å². The highest BCUT2D eigenvalue weighted by molar-refractivity contribution is 7.90. The Bertz CT molecular complexity index is 1670. The van der Waals surface area contributed by atoms with Gasteiger partial charge in [-0.2, -0.15) is 0 Å². The zero-order valence-electron chi connectivity index (χ0n) is 23.9. The third kappa shape index (κ3) is 4.74. The molecule has 0 unspecified atom stereocenters. The largest absolute Gasteiger partial charge is 0.478 e. The summed E-state index contributed by atoms with van der Waals surface area (Å²) in [7, 11) is -3.07. The van der Waals surface area contributed by atoms with Gasteiger partial charge in [0.2, 0.25) is 0 Å². The van der Waals surface area contributed by atoms with E-state index in [1.165, 1.54) is 23.7 Å². The van der Waals surface area contributed by atoms with Crippen molar-refractivity contribution in [3.05, 3.63) is 63.0 Å². The molecule has 6 aliphatic rings. The molecule has 2 saturated heterocycles. The van der Waals surface area contributed by atoms with E-state index in [1.54, 1.807) is 25.3 Å². The topological polar surface area (TPSA) is 136 Å². The first-order valence-electron chi connectivity index (χ1n) is 14.3. The maximum Gasteiger partial charge on any atom is 0.335 e. The number of thiazole rings is 1. The fraction of sp³-hybridized carbons (Fsp3) is 0.517. The Morgan fingerprint density at radius 1 is 1.23 bits per heavy atom. The van der Waals surface area contributed by atoms with Crippen LogP contribution in [0.15, 0.2) is 46.0 Å². The molecule has 0 radical (unpaired) electrons. The zero-order valence-corrected chi connectivity index (χ0v) is 25.5. The van der Waals surface area contributed by atoms with Crippen LogP contribution < -0.4 is 5.32 Å². The Morgan fingerprint density at radius 2 is 2.00 bits per heavy atom. The molecule has 3 saturated carbocycles.